The molecule has 1 amide bonds. The molecule has 6 heteroatoms. The van der Waals surface area contributed by atoms with Crippen molar-refractivity contribution in [3.8, 4) is 5.75 Å². The number of rotatable bonds is 5. The Bertz CT molecular complexity index is 880. The molecule has 0 aliphatic carbocycles. The van der Waals surface area contributed by atoms with Gasteiger partial charge >= 0.3 is 5.76 Å². The molecule has 6 nitrogen and oxygen atoms in total. The van der Waals surface area contributed by atoms with Gasteiger partial charge in [0.2, 0.25) is 5.91 Å². The topological polar surface area (TPSA) is 73.5 Å². The number of carbonyl (C=O) groups is 1. The Hall–Kier alpha value is -3.02. The van der Waals surface area contributed by atoms with Crippen molar-refractivity contribution in [2.45, 2.75) is 6.42 Å². The molecule has 0 saturated carbocycles. The van der Waals surface area contributed by atoms with Crippen LogP contribution in [0, 0.1) is 0 Å². The Labute approximate surface area is 132 Å². The van der Waals surface area contributed by atoms with Crippen molar-refractivity contribution in [3.63, 3.8) is 0 Å². The van der Waals surface area contributed by atoms with E-state index < -0.39 is 5.76 Å². The number of oxazole rings is 1. The molecule has 118 valence electrons. The minimum atomic E-state index is -0.431. The SMILES string of the molecule is Cn1c(=O)oc2ccc(NC(=O)CCOc3ccccc3)cc21. The van der Waals surface area contributed by atoms with Crippen molar-refractivity contribution >= 4 is 22.7 Å². The van der Waals surface area contributed by atoms with Gasteiger partial charge in [0.05, 0.1) is 18.5 Å². The second kappa shape index (κ2) is 6.39. The maximum atomic E-state index is 11.9. The molecule has 0 bridgehead atoms. The number of hydrogen-bond donors (Lipinski definition) is 1. The third-order valence-corrected chi connectivity index (χ3v) is 3.42. The zero-order valence-corrected chi connectivity index (χ0v) is 12.6. The summed E-state index contributed by atoms with van der Waals surface area (Å²) >= 11 is 0. The van der Waals surface area contributed by atoms with E-state index in [9.17, 15) is 9.59 Å². The quantitative estimate of drug-likeness (QED) is 0.785. The van der Waals surface area contributed by atoms with Gasteiger partial charge in [0, 0.05) is 12.7 Å². The summed E-state index contributed by atoms with van der Waals surface area (Å²) in [5.74, 6) is 0.142. The molecule has 0 aliphatic rings. The van der Waals surface area contributed by atoms with Crippen LogP contribution in [-0.2, 0) is 11.8 Å². The van der Waals surface area contributed by atoms with Crippen LogP contribution in [0.3, 0.4) is 0 Å². The molecule has 0 radical (unpaired) electrons. The first-order valence-corrected chi connectivity index (χ1v) is 7.21. The summed E-state index contributed by atoms with van der Waals surface area (Å²) in [4.78, 5) is 23.4. The number of ether oxygens (including phenoxy) is 1. The second-order valence-electron chi connectivity index (χ2n) is 5.07. The van der Waals surface area contributed by atoms with Crippen LogP contribution in [0.5, 0.6) is 5.75 Å². The van der Waals surface area contributed by atoms with Gasteiger partial charge in [-0.3, -0.25) is 9.36 Å². The van der Waals surface area contributed by atoms with Crippen molar-refractivity contribution in [1.29, 1.82) is 0 Å². The Balaban J connectivity index is 1.59. The number of nitrogens with one attached hydrogen (secondary N) is 1. The predicted molar refractivity (Wildman–Crippen MR) is 86.6 cm³/mol. The highest BCUT2D eigenvalue weighted by Gasteiger charge is 2.08. The molecule has 1 N–H and O–H groups in total. The summed E-state index contributed by atoms with van der Waals surface area (Å²) in [7, 11) is 1.62. The molecule has 3 rings (SSSR count). The summed E-state index contributed by atoms with van der Waals surface area (Å²) < 4.78 is 11.9. The molecular formula is C17H16N2O4. The molecule has 1 aromatic heterocycles. The molecule has 1 heterocycles. The summed E-state index contributed by atoms with van der Waals surface area (Å²) in [6, 6.07) is 14.4. The number of para-hydroxylation sites is 1. The number of amides is 1. The zero-order chi connectivity index (χ0) is 16.2. The fourth-order valence-electron chi connectivity index (χ4n) is 2.21. The number of aryl methyl sites for hydroxylation is 1. The smallest absolute Gasteiger partial charge is 0.419 e. The van der Waals surface area contributed by atoms with E-state index in [-0.39, 0.29) is 12.3 Å². The summed E-state index contributed by atoms with van der Waals surface area (Å²) in [5, 5.41) is 2.78. The molecule has 0 unspecified atom stereocenters. The lowest BCUT2D eigenvalue weighted by Crippen LogP contribution is -2.15. The number of carbonyl (C=O) groups excluding carboxylic acids is 1. The van der Waals surface area contributed by atoms with Gasteiger partial charge in [-0.15, -0.1) is 0 Å². The fraction of sp³-hybridized carbons (Fsp3) is 0.176. The van der Waals surface area contributed by atoms with E-state index in [1.165, 1.54) is 4.57 Å². The van der Waals surface area contributed by atoms with Gasteiger partial charge in [-0.1, -0.05) is 18.2 Å². The van der Waals surface area contributed by atoms with Gasteiger partial charge in [-0.25, -0.2) is 4.79 Å². The van der Waals surface area contributed by atoms with Gasteiger partial charge in [0.25, 0.3) is 0 Å². The van der Waals surface area contributed by atoms with Crippen LogP contribution in [0.15, 0.2) is 57.7 Å². The molecule has 0 atom stereocenters. The number of benzene rings is 2. The summed E-state index contributed by atoms with van der Waals surface area (Å²) in [6.45, 7) is 0.294. The van der Waals surface area contributed by atoms with E-state index in [1.54, 1.807) is 25.2 Å². The molecule has 0 spiro atoms. The lowest BCUT2D eigenvalue weighted by Gasteiger charge is -2.07. The number of aromatic nitrogens is 1. The minimum absolute atomic E-state index is 0.159. The normalized spacial score (nSPS) is 10.7. The zero-order valence-electron chi connectivity index (χ0n) is 12.6. The largest absolute Gasteiger partial charge is 0.493 e. The van der Waals surface area contributed by atoms with E-state index in [1.807, 2.05) is 30.3 Å². The van der Waals surface area contributed by atoms with E-state index >= 15 is 0 Å². The Kier molecular flexibility index (Phi) is 4.14. The molecular weight excluding hydrogens is 296 g/mol. The standard InChI is InChI=1S/C17H16N2O4/c1-19-14-11-12(7-8-15(14)23-17(19)21)18-16(20)9-10-22-13-5-3-2-4-6-13/h2-8,11H,9-10H2,1H3,(H,18,20). The number of hydrogen-bond acceptors (Lipinski definition) is 4. The maximum Gasteiger partial charge on any atom is 0.419 e. The van der Waals surface area contributed by atoms with Crippen LogP contribution in [0.4, 0.5) is 5.69 Å². The Morgan fingerprint density at radius 2 is 2.00 bits per heavy atom. The molecule has 0 aliphatic heterocycles. The highest BCUT2D eigenvalue weighted by molar-refractivity contribution is 5.92. The van der Waals surface area contributed by atoms with Gasteiger partial charge in [0.15, 0.2) is 5.58 Å². The van der Waals surface area contributed by atoms with Gasteiger partial charge < -0.3 is 14.5 Å². The van der Waals surface area contributed by atoms with Crippen molar-refractivity contribution in [2.24, 2.45) is 7.05 Å². The van der Waals surface area contributed by atoms with E-state index in [2.05, 4.69) is 5.32 Å². The summed E-state index contributed by atoms with van der Waals surface area (Å²) in [5.41, 5.74) is 1.73. The monoisotopic (exact) mass is 312 g/mol. The van der Waals surface area contributed by atoms with Crippen molar-refractivity contribution in [1.82, 2.24) is 4.57 Å². The molecule has 0 fully saturated rings. The second-order valence-corrected chi connectivity index (χ2v) is 5.07. The third-order valence-electron chi connectivity index (χ3n) is 3.42. The number of nitrogens with zero attached hydrogens (tertiary/aromatic N) is 1. The first kappa shape index (κ1) is 14.9. The van der Waals surface area contributed by atoms with Crippen LogP contribution in [0.1, 0.15) is 6.42 Å². The predicted octanol–water partition coefficient (Wildman–Crippen LogP) is 2.54. The third kappa shape index (κ3) is 3.42. The minimum Gasteiger partial charge on any atom is -0.493 e. The molecule has 23 heavy (non-hydrogen) atoms. The van der Waals surface area contributed by atoms with Crippen molar-refractivity contribution < 1.29 is 13.9 Å². The highest BCUT2D eigenvalue weighted by atomic mass is 16.5. The van der Waals surface area contributed by atoms with E-state index in [0.29, 0.717) is 23.4 Å². The number of fused-ring (bicyclic) bond motifs is 1. The number of anilines is 1. The fourth-order valence-corrected chi connectivity index (χ4v) is 2.21. The first-order chi connectivity index (χ1) is 11.1. The summed E-state index contributed by atoms with van der Waals surface area (Å²) in [6.07, 6.45) is 0.233. The van der Waals surface area contributed by atoms with Gasteiger partial charge in [-0.2, -0.15) is 0 Å². The average molecular weight is 312 g/mol. The van der Waals surface area contributed by atoms with E-state index in [0.717, 1.165) is 5.75 Å². The van der Waals surface area contributed by atoms with Crippen LogP contribution in [-0.4, -0.2) is 17.1 Å². The van der Waals surface area contributed by atoms with E-state index in [4.69, 9.17) is 9.15 Å². The lowest BCUT2D eigenvalue weighted by molar-refractivity contribution is -0.116. The molecule has 3 aromatic rings. The highest BCUT2D eigenvalue weighted by Crippen LogP contribution is 2.18. The van der Waals surface area contributed by atoms with Crippen molar-refractivity contribution in [3.05, 3.63) is 59.1 Å². The molecule has 2 aromatic carbocycles. The lowest BCUT2D eigenvalue weighted by atomic mass is 10.2. The van der Waals surface area contributed by atoms with Crippen LogP contribution >= 0.6 is 0 Å². The van der Waals surface area contributed by atoms with Gasteiger partial charge in [0.1, 0.15) is 5.75 Å². The Morgan fingerprint density at radius 1 is 1.22 bits per heavy atom. The van der Waals surface area contributed by atoms with Gasteiger partial charge in [-0.05, 0) is 30.3 Å². The average Bonchev–Trinajstić information content (AvgIpc) is 2.83. The first-order valence-electron chi connectivity index (χ1n) is 7.21. The van der Waals surface area contributed by atoms with Crippen LogP contribution in [0.2, 0.25) is 0 Å². The van der Waals surface area contributed by atoms with Crippen LogP contribution in [0.25, 0.3) is 11.1 Å². The van der Waals surface area contributed by atoms with Crippen molar-refractivity contribution in [2.75, 3.05) is 11.9 Å². The Morgan fingerprint density at radius 3 is 2.78 bits per heavy atom. The molecule has 0 saturated heterocycles. The maximum absolute atomic E-state index is 11.9. The van der Waals surface area contributed by atoms with Crippen LogP contribution < -0.4 is 15.8 Å².